The summed E-state index contributed by atoms with van der Waals surface area (Å²) < 4.78 is 10.1. The Bertz CT molecular complexity index is 733. The van der Waals surface area contributed by atoms with Crippen molar-refractivity contribution >= 4 is 23.1 Å². The number of hydrogen-bond acceptors (Lipinski definition) is 5. The predicted octanol–water partition coefficient (Wildman–Crippen LogP) is 3.48. The lowest BCUT2D eigenvalue weighted by Gasteiger charge is -2.09. The maximum Gasteiger partial charge on any atom is 0.267 e. The van der Waals surface area contributed by atoms with E-state index in [1.807, 2.05) is 19.1 Å². The topological polar surface area (TPSA) is 64.1 Å². The number of nitrogens with zero attached hydrogens (tertiary/aromatic N) is 2. The van der Waals surface area contributed by atoms with Crippen molar-refractivity contribution in [1.29, 1.82) is 0 Å². The van der Waals surface area contributed by atoms with Crippen LogP contribution in [-0.4, -0.2) is 28.5 Å². The van der Waals surface area contributed by atoms with Gasteiger partial charge in [0.25, 0.3) is 5.91 Å². The molecule has 0 bridgehead atoms. The zero-order chi connectivity index (χ0) is 15.8. The third kappa shape index (κ3) is 3.01. The Morgan fingerprint density at radius 1 is 1.35 bits per heavy atom. The van der Waals surface area contributed by atoms with E-state index in [4.69, 9.17) is 4.74 Å². The van der Waals surface area contributed by atoms with Crippen LogP contribution >= 0.6 is 11.5 Å². The fourth-order valence-electron chi connectivity index (χ4n) is 3.10. The third-order valence-corrected chi connectivity index (χ3v) is 5.29. The lowest BCUT2D eigenvalue weighted by molar-refractivity contribution is 0.102. The first-order valence-corrected chi connectivity index (χ1v) is 8.81. The van der Waals surface area contributed by atoms with Gasteiger partial charge in [-0.2, -0.15) is 4.37 Å². The molecular formula is C17H19N3O2S. The monoisotopic (exact) mass is 329 g/mol. The number of rotatable bonds is 4. The zero-order valence-corrected chi connectivity index (χ0v) is 13.9. The van der Waals surface area contributed by atoms with Crippen LogP contribution in [-0.2, 0) is 4.74 Å². The van der Waals surface area contributed by atoms with E-state index in [0.717, 1.165) is 54.4 Å². The van der Waals surface area contributed by atoms with Gasteiger partial charge >= 0.3 is 0 Å². The first kappa shape index (κ1) is 14.8. The predicted molar refractivity (Wildman–Crippen MR) is 89.2 cm³/mol. The van der Waals surface area contributed by atoms with Crippen LogP contribution in [0.3, 0.4) is 0 Å². The van der Waals surface area contributed by atoms with Gasteiger partial charge in [0.15, 0.2) is 0 Å². The number of aryl methyl sites for hydroxylation is 1. The van der Waals surface area contributed by atoms with Crippen molar-refractivity contribution in [3.05, 3.63) is 40.2 Å². The highest BCUT2D eigenvalue weighted by molar-refractivity contribution is 7.08. The number of anilines is 1. The molecule has 4 rings (SSSR count). The summed E-state index contributed by atoms with van der Waals surface area (Å²) in [6, 6.07) is 3.69. The SMILES string of the molecule is Cc1cc(NC(=O)c2snc(C3CCOC3)c2C2CC2)ccn1. The van der Waals surface area contributed by atoms with Crippen LogP contribution in [0.25, 0.3) is 0 Å². The van der Waals surface area contributed by atoms with Crippen LogP contribution in [0.15, 0.2) is 18.3 Å². The lowest BCUT2D eigenvalue weighted by Crippen LogP contribution is -2.13. The largest absolute Gasteiger partial charge is 0.381 e. The maximum atomic E-state index is 12.7. The molecule has 3 heterocycles. The minimum atomic E-state index is -0.0554. The van der Waals surface area contributed by atoms with Crippen LogP contribution in [0.5, 0.6) is 0 Å². The van der Waals surface area contributed by atoms with E-state index >= 15 is 0 Å². The van der Waals surface area contributed by atoms with Gasteiger partial charge in [-0.15, -0.1) is 0 Å². The summed E-state index contributed by atoms with van der Waals surface area (Å²) in [7, 11) is 0. The number of ether oxygens (including phenoxy) is 1. The number of amides is 1. The number of nitrogens with one attached hydrogen (secondary N) is 1. The quantitative estimate of drug-likeness (QED) is 0.933. The van der Waals surface area contributed by atoms with E-state index in [2.05, 4.69) is 14.7 Å². The lowest BCUT2D eigenvalue weighted by atomic mass is 9.97. The summed E-state index contributed by atoms with van der Waals surface area (Å²) in [6.45, 7) is 3.44. The first-order valence-electron chi connectivity index (χ1n) is 8.03. The third-order valence-electron chi connectivity index (χ3n) is 4.42. The summed E-state index contributed by atoms with van der Waals surface area (Å²) in [5.74, 6) is 0.802. The van der Waals surface area contributed by atoms with Gasteiger partial charge in [-0.05, 0) is 55.8 Å². The smallest absolute Gasteiger partial charge is 0.267 e. The first-order chi connectivity index (χ1) is 11.2. The molecule has 1 amide bonds. The Kier molecular flexibility index (Phi) is 3.87. The fraction of sp³-hybridized carbons (Fsp3) is 0.471. The van der Waals surface area contributed by atoms with Crippen molar-refractivity contribution < 1.29 is 9.53 Å². The minimum Gasteiger partial charge on any atom is -0.381 e. The van der Waals surface area contributed by atoms with Crippen molar-refractivity contribution in [3.63, 3.8) is 0 Å². The van der Waals surface area contributed by atoms with Gasteiger partial charge in [-0.25, -0.2) is 0 Å². The van der Waals surface area contributed by atoms with Crippen LogP contribution < -0.4 is 5.32 Å². The second kappa shape index (κ2) is 6.02. The molecule has 1 atom stereocenters. The molecule has 1 unspecified atom stereocenters. The zero-order valence-electron chi connectivity index (χ0n) is 13.0. The second-order valence-electron chi connectivity index (χ2n) is 6.29. The van der Waals surface area contributed by atoms with Crippen molar-refractivity contribution in [1.82, 2.24) is 9.36 Å². The van der Waals surface area contributed by atoms with Crippen molar-refractivity contribution in [3.8, 4) is 0 Å². The van der Waals surface area contributed by atoms with Gasteiger partial charge < -0.3 is 10.1 Å². The van der Waals surface area contributed by atoms with Crippen LogP contribution in [0.4, 0.5) is 5.69 Å². The van der Waals surface area contributed by atoms with Crippen LogP contribution in [0.1, 0.15) is 57.7 Å². The summed E-state index contributed by atoms with van der Waals surface area (Å²) in [6.07, 6.45) is 5.04. The van der Waals surface area contributed by atoms with Gasteiger partial charge in [-0.1, -0.05) is 0 Å². The Morgan fingerprint density at radius 2 is 2.22 bits per heavy atom. The molecule has 23 heavy (non-hydrogen) atoms. The maximum absolute atomic E-state index is 12.7. The summed E-state index contributed by atoms with van der Waals surface area (Å²) >= 11 is 1.33. The molecule has 120 valence electrons. The van der Waals surface area contributed by atoms with E-state index in [0.29, 0.717) is 11.8 Å². The Balaban J connectivity index is 1.61. The molecule has 2 aromatic rings. The normalized spacial score (nSPS) is 20.7. The molecule has 5 nitrogen and oxygen atoms in total. The van der Waals surface area contributed by atoms with Crippen LogP contribution in [0, 0.1) is 6.92 Å². The van der Waals surface area contributed by atoms with Gasteiger partial charge in [-0.3, -0.25) is 9.78 Å². The van der Waals surface area contributed by atoms with Gasteiger partial charge in [0.2, 0.25) is 0 Å². The minimum absolute atomic E-state index is 0.0554. The molecule has 1 aliphatic heterocycles. The Hall–Kier alpha value is -1.79. The van der Waals surface area contributed by atoms with Gasteiger partial charge in [0.05, 0.1) is 12.3 Å². The van der Waals surface area contributed by atoms with Crippen molar-refractivity contribution in [2.75, 3.05) is 18.5 Å². The molecule has 0 aromatic carbocycles. The van der Waals surface area contributed by atoms with E-state index in [1.54, 1.807) is 6.20 Å². The molecule has 0 spiro atoms. The molecule has 1 saturated carbocycles. The molecule has 2 aromatic heterocycles. The summed E-state index contributed by atoms with van der Waals surface area (Å²) in [4.78, 5) is 17.6. The second-order valence-corrected chi connectivity index (χ2v) is 7.06. The van der Waals surface area contributed by atoms with Crippen molar-refractivity contribution in [2.24, 2.45) is 0 Å². The highest BCUT2D eigenvalue weighted by Gasteiger charge is 2.36. The molecule has 2 fully saturated rings. The molecule has 1 N–H and O–H groups in total. The van der Waals surface area contributed by atoms with E-state index in [9.17, 15) is 4.79 Å². The molecule has 6 heteroatoms. The van der Waals surface area contributed by atoms with Crippen molar-refractivity contribution in [2.45, 2.75) is 38.0 Å². The van der Waals surface area contributed by atoms with E-state index < -0.39 is 0 Å². The Labute approximate surface area is 139 Å². The number of hydrogen-bond donors (Lipinski definition) is 1. The average molecular weight is 329 g/mol. The van der Waals surface area contributed by atoms with Gasteiger partial charge in [0.1, 0.15) is 4.88 Å². The summed E-state index contributed by atoms with van der Waals surface area (Å²) in [5.41, 5.74) is 3.95. The number of carbonyl (C=O) groups excluding carboxylic acids is 1. The molecule has 0 radical (unpaired) electrons. The molecule has 1 saturated heterocycles. The number of aromatic nitrogens is 2. The van der Waals surface area contributed by atoms with E-state index in [-0.39, 0.29) is 5.91 Å². The standard InChI is InChI=1S/C17H19N3O2S/c1-10-8-13(4-6-18-10)19-17(21)16-14(11-2-3-11)15(20-23-16)12-5-7-22-9-12/h4,6,8,11-12H,2-3,5,7,9H2,1H3,(H,18,19,21). The number of pyridine rings is 1. The van der Waals surface area contributed by atoms with Crippen LogP contribution in [0.2, 0.25) is 0 Å². The average Bonchev–Trinajstić information content (AvgIpc) is 3.06. The van der Waals surface area contributed by atoms with E-state index in [1.165, 1.54) is 17.1 Å². The number of carbonyl (C=O) groups is 1. The van der Waals surface area contributed by atoms with Gasteiger partial charge in [0, 0.05) is 35.7 Å². The molecular weight excluding hydrogens is 310 g/mol. The summed E-state index contributed by atoms with van der Waals surface area (Å²) in [5, 5.41) is 2.99. The molecule has 1 aliphatic carbocycles. The highest BCUT2D eigenvalue weighted by atomic mass is 32.1. The molecule has 2 aliphatic rings. The highest BCUT2D eigenvalue weighted by Crippen LogP contribution is 2.47. The fourth-order valence-corrected chi connectivity index (χ4v) is 4.04. The Morgan fingerprint density at radius 3 is 2.91 bits per heavy atom.